The molecule has 0 saturated heterocycles. The third-order valence-electron chi connectivity index (χ3n) is 4.48. The Morgan fingerprint density at radius 1 is 1.29 bits per heavy atom. The number of phenols is 1. The van der Waals surface area contributed by atoms with Gasteiger partial charge in [-0.1, -0.05) is 13.8 Å². The predicted molar refractivity (Wildman–Crippen MR) is 80.2 cm³/mol. The van der Waals surface area contributed by atoms with Crippen molar-refractivity contribution in [3.8, 4) is 5.75 Å². The molecular weight excluding hydrogens is 268 g/mol. The molecule has 21 heavy (non-hydrogen) atoms. The number of phenolic OH excluding ortho intramolecular Hbond substituents is 1. The molecule has 4 heteroatoms. The van der Waals surface area contributed by atoms with Crippen LogP contribution < -0.4 is 0 Å². The van der Waals surface area contributed by atoms with Crippen molar-refractivity contribution >= 4 is 5.97 Å². The van der Waals surface area contributed by atoms with E-state index in [1.807, 2.05) is 13.8 Å². The number of carbonyl (C=O) groups is 1. The molecule has 1 aromatic carbocycles. The molecule has 0 heterocycles. The quantitative estimate of drug-likeness (QED) is 0.838. The van der Waals surface area contributed by atoms with Gasteiger partial charge in [0.15, 0.2) is 0 Å². The molecule has 0 bridgehead atoms. The number of rotatable bonds is 3. The van der Waals surface area contributed by atoms with E-state index in [2.05, 4.69) is 0 Å². The Bertz CT molecular complexity index is 548. The van der Waals surface area contributed by atoms with Crippen LogP contribution in [0.15, 0.2) is 18.2 Å². The first-order chi connectivity index (χ1) is 9.67. The van der Waals surface area contributed by atoms with Gasteiger partial charge in [0.25, 0.3) is 0 Å². The van der Waals surface area contributed by atoms with Crippen LogP contribution in [0.5, 0.6) is 5.75 Å². The minimum Gasteiger partial charge on any atom is -0.508 e. The maximum Gasteiger partial charge on any atom is 0.338 e. The van der Waals surface area contributed by atoms with Crippen LogP contribution in [-0.4, -0.2) is 22.3 Å². The first-order valence-electron chi connectivity index (χ1n) is 7.44. The largest absolute Gasteiger partial charge is 0.508 e. The Hall–Kier alpha value is -1.55. The lowest BCUT2D eigenvalue weighted by molar-refractivity contribution is -0.0501. The monoisotopic (exact) mass is 292 g/mol. The van der Waals surface area contributed by atoms with Gasteiger partial charge in [-0.2, -0.15) is 0 Å². The summed E-state index contributed by atoms with van der Waals surface area (Å²) in [6, 6.07) is 4.54. The van der Waals surface area contributed by atoms with Crippen LogP contribution in [0.1, 0.15) is 62.9 Å². The molecule has 116 valence electrons. The minimum absolute atomic E-state index is 0.0218. The maximum atomic E-state index is 12.0. The van der Waals surface area contributed by atoms with E-state index in [1.54, 1.807) is 19.9 Å². The molecule has 0 spiro atoms. The zero-order valence-corrected chi connectivity index (χ0v) is 13.1. The number of hydrogen-bond donors (Lipinski definition) is 2. The van der Waals surface area contributed by atoms with E-state index in [1.165, 1.54) is 12.1 Å². The van der Waals surface area contributed by atoms with Crippen molar-refractivity contribution < 1.29 is 19.7 Å². The van der Waals surface area contributed by atoms with Gasteiger partial charge in [-0.25, -0.2) is 4.79 Å². The fraction of sp³-hybridized carbons (Fsp3) is 0.588. The minimum atomic E-state index is -1.12. The molecular formula is C17H24O4. The van der Waals surface area contributed by atoms with Gasteiger partial charge in [0.2, 0.25) is 0 Å². The average molecular weight is 292 g/mol. The van der Waals surface area contributed by atoms with Crippen molar-refractivity contribution in [2.75, 3.05) is 0 Å². The van der Waals surface area contributed by atoms with Gasteiger partial charge in [-0.3, -0.25) is 0 Å². The summed E-state index contributed by atoms with van der Waals surface area (Å²) in [7, 11) is 0. The molecule has 1 atom stereocenters. The summed E-state index contributed by atoms with van der Waals surface area (Å²) in [4.78, 5) is 12.0. The topological polar surface area (TPSA) is 66.8 Å². The molecule has 2 N–H and O–H groups in total. The van der Waals surface area contributed by atoms with Gasteiger partial charge >= 0.3 is 5.97 Å². The maximum absolute atomic E-state index is 12.0. The van der Waals surface area contributed by atoms with Crippen molar-refractivity contribution in [1.29, 1.82) is 0 Å². The smallest absolute Gasteiger partial charge is 0.338 e. The number of ether oxygens (including phenoxy) is 1. The number of esters is 1. The lowest BCUT2D eigenvalue weighted by Gasteiger charge is -2.37. The summed E-state index contributed by atoms with van der Waals surface area (Å²) in [5, 5.41) is 21.2. The van der Waals surface area contributed by atoms with Crippen molar-refractivity contribution in [1.82, 2.24) is 0 Å². The van der Waals surface area contributed by atoms with Crippen molar-refractivity contribution in [3.05, 3.63) is 29.3 Å². The van der Waals surface area contributed by atoms with Gasteiger partial charge in [0.1, 0.15) is 5.75 Å². The zero-order valence-electron chi connectivity index (χ0n) is 13.1. The number of hydrogen-bond acceptors (Lipinski definition) is 4. The molecule has 4 nitrogen and oxygen atoms in total. The number of carbonyl (C=O) groups excluding carboxylic acids is 1. The molecule has 1 aliphatic rings. The van der Waals surface area contributed by atoms with Gasteiger partial charge in [-0.05, 0) is 56.7 Å². The molecule has 1 fully saturated rings. The average Bonchev–Trinajstić information content (AvgIpc) is 2.64. The van der Waals surface area contributed by atoms with Crippen LogP contribution in [0, 0.1) is 5.41 Å². The van der Waals surface area contributed by atoms with Crippen LogP contribution in [0.4, 0.5) is 0 Å². The Morgan fingerprint density at radius 2 is 1.95 bits per heavy atom. The van der Waals surface area contributed by atoms with Crippen molar-refractivity contribution in [3.63, 3.8) is 0 Å². The Morgan fingerprint density at radius 3 is 2.48 bits per heavy atom. The van der Waals surface area contributed by atoms with E-state index < -0.39 is 11.6 Å². The molecule has 1 saturated carbocycles. The van der Waals surface area contributed by atoms with E-state index in [0.717, 1.165) is 12.8 Å². The Kier molecular flexibility index (Phi) is 4.02. The van der Waals surface area contributed by atoms with Crippen molar-refractivity contribution in [2.45, 2.75) is 58.7 Å². The highest BCUT2D eigenvalue weighted by molar-refractivity contribution is 5.90. The number of benzene rings is 1. The van der Waals surface area contributed by atoms with E-state index in [9.17, 15) is 15.0 Å². The standard InChI is InChI=1S/C17H24O4/c1-11(2)21-15(19)12-6-7-14(18)13(10-12)17(20)9-5-8-16(17,3)4/h6-7,10-11,18,20H,5,8-9H2,1-4H3. The fourth-order valence-electron chi connectivity index (χ4n) is 3.11. The highest BCUT2D eigenvalue weighted by atomic mass is 16.5. The Labute approximate surface area is 125 Å². The zero-order chi connectivity index (χ0) is 15.8. The summed E-state index contributed by atoms with van der Waals surface area (Å²) in [6.45, 7) is 7.54. The second-order valence-corrected chi connectivity index (χ2v) is 6.78. The summed E-state index contributed by atoms with van der Waals surface area (Å²) >= 11 is 0. The van der Waals surface area contributed by atoms with E-state index in [0.29, 0.717) is 17.5 Å². The second kappa shape index (κ2) is 5.34. The normalized spacial score (nSPS) is 24.3. The van der Waals surface area contributed by atoms with Crippen LogP contribution in [0.25, 0.3) is 0 Å². The molecule has 0 radical (unpaired) electrons. The summed E-state index contributed by atoms with van der Waals surface area (Å²) in [5.74, 6) is -0.417. The first-order valence-corrected chi connectivity index (χ1v) is 7.44. The first kappa shape index (κ1) is 15.8. The van der Waals surface area contributed by atoms with Crippen LogP contribution >= 0.6 is 0 Å². The van der Waals surface area contributed by atoms with Gasteiger partial charge in [-0.15, -0.1) is 0 Å². The van der Waals surface area contributed by atoms with Gasteiger partial charge < -0.3 is 14.9 Å². The molecule has 1 unspecified atom stereocenters. The summed E-state index contributed by atoms with van der Waals surface area (Å²) in [6.07, 6.45) is 2.14. The lowest BCUT2D eigenvalue weighted by atomic mass is 9.73. The van der Waals surface area contributed by atoms with Crippen molar-refractivity contribution in [2.24, 2.45) is 5.41 Å². The molecule has 1 aromatic rings. The third kappa shape index (κ3) is 2.77. The summed E-state index contributed by atoms with van der Waals surface area (Å²) in [5.41, 5.74) is -0.688. The highest BCUT2D eigenvalue weighted by Gasteiger charge is 2.50. The Balaban J connectivity index is 2.43. The van der Waals surface area contributed by atoms with Gasteiger partial charge in [0, 0.05) is 5.56 Å². The van der Waals surface area contributed by atoms with Crippen LogP contribution in [0.3, 0.4) is 0 Å². The second-order valence-electron chi connectivity index (χ2n) is 6.78. The third-order valence-corrected chi connectivity index (χ3v) is 4.48. The number of aliphatic hydroxyl groups is 1. The van der Waals surface area contributed by atoms with Crippen LogP contribution in [-0.2, 0) is 10.3 Å². The fourth-order valence-corrected chi connectivity index (χ4v) is 3.11. The highest BCUT2D eigenvalue weighted by Crippen LogP contribution is 2.54. The number of aromatic hydroxyl groups is 1. The van der Waals surface area contributed by atoms with Crippen LogP contribution in [0.2, 0.25) is 0 Å². The van der Waals surface area contributed by atoms with Gasteiger partial charge in [0.05, 0.1) is 17.3 Å². The van der Waals surface area contributed by atoms with E-state index in [-0.39, 0.29) is 17.3 Å². The SMILES string of the molecule is CC(C)OC(=O)c1ccc(O)c(C2(O)CCCC2(C)C)c1. The molecule has 2 rings (SSSR count). The molecule has 0 amide bonds. The van der Waals surface area contributed by atoms with E-state index in [4.69, 9.17) is 4.74 Å². The predicted octanol–water partition coefficient (Wildman–Crippen LogP) is 3.36. The molecule has 0 aromatic heterocycles. The molecule has 0 aliphatic heterocycles. The van der Waals surface area contributed by atoms with E-state index >= 15 is 0 Å². The lowest BCUT2D eigenvalue weighted by Crippen LogP contribution is -2.37. The summed E-state index contributed by atoms with van der Waals surface area (Å²) < 4.78 is 5.18. The molecule has 1 aliphatic carbocycles.